The summed E-state index contributed by atoms with van der Waals surface area (Å²) in [5.74, 6) is -0.322. The summed E-state index contributed by atoms with van der Waals surface area (Å²) in [6.07, 6.45) is 2.49. The van der Waals surface area contributed by atoms with Gasteiger partial charge in [0.1, 0.15) is 12.4 Å². The summed E-state index contributed by atoms with van der Waals surface area (Å²) in [7, 11) is 0. The molecule has 0 bridgehead atoms. The van der Waals surface area contributed by atoms with E-state index in [0.717, 1.165) is 17.2 Å². The molecule has 4 heteroatoms. The fourth-order valence-electron chi connectivity index (χ4n) is 1.77. The lowest BCUT2D eigenvalue weighted by molar-refractivity contribution is -0.131. The van der Waals surface area contributed by atoms with E-state index in [9.17, 15) is 4.79 Å². The SMILES string of the molecule is N#Cc1ccc(-c2ccc(OCC=CC(=O)O)cc2)cc1. The van der Waals surface area contributed by atoms with Crippen LogP contribution in [0.1, 0.15) is 5.56 Å². The smallest absolute Gasteiger partial charge is 0.328 e. The zero-order chi connectivity index (χ0) is 15.1. The van der Waals surface area contributed by atoms with Crippen molar-refractivity contribution in [3.05, 3.63) is 66.2 Å². The third-order valence-electron chi connectivity index (χ3n) is 2.81. The van der Waals surface area contributed by atoms with Gasteiger partial charge in [-0.3, -0.25) is 0 Å². The molecule has 2 aromatic rings. The molecule has 0 aliphatic heterocycles. The first-order valence-corrected chi connectivity index (χ1v) is 6.32. The molecular formula is C17H13NO3. The maximum Gasteiger partial charge on any atom is 0.328 e. The highest BCUT2D eigenvalue weighted by Gasteiger charge is 1.99. The second-order valence-corrected chi connectivity index (χ2v) is 4.27. The molecule has 0 unspecified atom stereocenters. The van der Waals surface area contributed by atoms with Gasteiger partial charge in [0.05, 0.1) is 11.6 Å². The van der Waals surface area contributed by atoms with Crippen molar-refractivity contribution in [1.29, 1.82) is 5.26 Å². The van der Waals surface area contributed by atoms with Crippen LogP contribution < -0.4 is 4.74 Å². The molecule has 2 rings (SSSR count). The number of nitrogens with zero attached hydrogens (tertiary/aromatic N) is 1. The summed E-state index contributed by atoms with van der Waals surface area (Å²) >= 11 is 0. The fourth-order valence-corrected chi connectivity index (χ4v) is 1.77. The van der Waals surface area contributed by atoms with E-state index in [1.54, 1.807) is 12.1 Å². The lowest BCUT2D eigenvalue weighted by atomic mass is 10.0. The van der Waals surface area contributed by atoms with Gasteiger partial charge in [-0.1, -0.05) is 24.3 Å². The number of carbonyl (C=O) groups is 1. The normalized spacial score (nSPS) is 10.2. The molecule has 0 saturated carbocycles. The van der Waals surface area contributed by atoms with E-state index < -0.39 is 5.97 Å². The number of hydrogen-bond donors (Lipinski definition) is 1. The third kappa shape index (κ3) is 4.22. The van der Waals surface area contributed by atoms with Gasteiger partial charge in [-0.25, -0.2) is 4.79 Å². The van der Waals surface area contributed by atoms with Gasteiger partial charge in [-0.2, -0.15) is 5.26 Å². The summed E-state index contributed by atoms with van der Waals surface area (Å²) < 4.78 is 5.39. The van der Waals surface area contributed by atoms with Crippen LogP contribution in [0.25, 0.3) is 11.1 Å². The predicted octanol–water partition coefficient (Wildman–Crippen LogP) is 3.24. The quantitative estimate of drug-likeness (QED) is 0.853. The summed E-state index contributed by atoms with van der Waals surface area (Å²) in [6.45, 7) is 0.211. The van der Waals surface area contributed by atoms with Crippen molar-refractivity contribution < 1.29 is 14.6 Å². The first-order valence-electron chi connectivity index (χ1n) is 6.32. The number of benzene rings is 2. The Bertz CT molecular complexity index is 679. The summed E-state index contributed by atoms with van der Waals surface area (Å²) in [5, 5.41) is 17.2. The maximum atomic E-state index is 10.3. The van der Waals surface area contributed by atoms with Crippen LogP contribution in [0.15, 0.2) is 60.7 Å². The minimum Gasteiger partial charge on any atom is -0.490 e. The second-order valence-electron chi connectivity index (χ2n) is 4.27. The van der Waals surface area contributed by atoms with Gasteiger partial charge in [0.2, 0.25) is 0 Å². The standard InChI is InChI=1S/C17H13NO3/c18-12-13-3-5-14(6-4-13)15-7-9-16(10-8-15)21-11-1-2-17(19)20/h1-10H,11H2,(H,19,20). The number of ether oxygens (including phenoxy) is 1. The summed E-state index contributed by atoms with van der Waals surface area (Å²) in [5.41, 5.74) is 2.67. The highest BCUT2D eigenvalue weighted by molar-refractivity contribution is 5.79. The molecule has 4 nitrogen and oxygen atoms in total. The molecular weight excluding hydrogens is 266 g/mol. The van der Waals surface area contributed by atoms with E-state index in [4.69, 9.17) is 15.1 Å². The van der Waals surface area contributed by atoms with E-state index in [1.165, 1.54) is 6.08 Å². The van der Waals surface area contributed by atoms with Crippen LogP contribution in [-0.2, 0) is 4.79 Å². The molecule has 104 valence electrons. The maximum absolute atomic E-state index is 10.3. The molecule has 0 aliphatic carbocycles. The minimum absolute atomic E-state index is 0.211. The molecule has 21 heavy (non-hydrogen) atoms. The van der Waals surface area contributed by atoms with Gasteiger partial charge in [0.25, 0.3) is 0 Å². The topological polar surface area (TPSA) is 70.3 Å². The largest absolute Gasteiger partial charge is 0.490 e. The lowest BCUT2D eigenvalue weighted by Crippen LogP contribution is -1.95. The van der Waals surface area contributed by atoms with Crippen molar-refractivity contribution >= 4 is 5.97 Å². The molecule has 0 aliphatic rings. The molecule has 0 fully saturated rings. The van der Waals surface area contributed by atoms with Crippen molar-refractivity contribution in [2.24, 2.45) is 0 Å². The first kappa shape index (κ1) is 14.4. The lowest BCUT2D eigenvalue weighted by Gasteiger charge is -2.05. The molecule has 0 spiro atoms. The van der Waals surface area contributed by atoms with E-state index in [-0.39, 0.29) is 6.61 Å². The van der Waals surface area contributed by atoms with E-state index in [2.05, 4.69) is 6.07 Å². The zero-order valence-corrected chi connectivity index (χ0v) is 11.2. The van der Waals surface area contributed by atoms with Gasteiger partial charge < -0.3 is 9.84 Å². The molecule has 0 heterocycles. The van der Waals surface area contributed by atoms with Crippen LogP contribution in [0.2, 0.25) is 0 Å². The number of carboxylic acids is 1. The Morgan fingerprint density at radius 2 is 1.67 bits per heavy atom. The van der Waals surface area contributed by atoms with Crippen molar-refractivity contribution in [3.8, 4) is 22.9 Å². The van der Waals surface area contributed by atoms with Crippen LogP contribution in [0.4, 0.5) is 0 Å². The highest BCUT2D eigenvalue weighted by Crippen LogP contribution is 2.22. The van der Waals surface area contributed by atoms with Crippen LogP contribution >= 0.6 is 0 Å². The molecule has 0 atom stereocenters. The van der Waals surface area contributed by atoms with Gasteiger partial charge >= 0.3 is 5.97 Å². The van der Waals surface area contributed by atoms with Gasteiger partial charge in [-0.15, -0.1) is 0 Å². The van der Waals surface area contributed by atoms with Crippen molar-refractivity contribution in [2.75, 3.05) is 6.61 Å². The monoisotopic (exact) mass is 279 g/mol. The van der Waals surface area contributed by atoms with Gasteiger partial charge in [0.15, 0.2) is 0 Å². The highest BCUT2D eigenvalue weighted by atomic mass is 16.5. The fraction of sp³-hybridized carbons (Fsp3) is 0.0588. The third-order valence-corrected chi connectivity index (χ3v) is 2.81. The van der Waals surface area contributed by atoms with E-state index in [1.807, 2.05) is 36.4 Å². The molecule has 0 amide bonds. The van der Waals surface area contributed by atoms with Crippen LogP contribution in [0, 0.1) is 11.3 Å². The summed E-state index contributed by atoms with van der Waals surface area (Å²) in [6, 6.07) is 16.9. The van der Waals surface area contributed by atoms with E-state index >= 15 is 0 Å². The van der Waals surface area contributed by atoms with E-state index in [0.29, 0.717) is 11.3 Å². The predicted molar refractivity (Wildman–Crippen MR) is 78.9 cm³/mol. The zero-order valence-electron chi connectivity index (χ0n) is 11.2. The average molecular weight is 279 g/mol. The molecule has 0 saturated heterocycles. The van der Waals surface area contributed by atoms with Crippen molar-refractivity contribution in [2.45, 2.75) is 0 Å². The van der Waals surface area contributed by atoms with Gasteiger partial charge in [-0.05, 0) is 41.5 Å². The first-order chi connectivity index (χ1) is 10.2. The van der Waals surface area contributed by atoms with Gasteiger partial charge in [0, 0.05) is 6.08 Å². The Kier molecular flexibility index (Phi) is 4.73. The molecule has 0 radical (unpaired) electrons. The Labute approximate surface area is 122 Å². The molecule has 1 N–H and O–H groups in total. The summed E-state index contributed by atoms with van der Waals surface area (Å²) in [4.78, 5) is 10.3. The van der Waals surface area contributed by atoms with Crippen molar-refractivity contribution in [3.63, 3.8) is 0 Å². The molecule has 2 aromatic carbocycles. The van der Waals surface area contributed by atoms with Crippen LogP contribution in [0.3, 0.4) is 0 Å². The number of rotatable bonds is 5. The van der Waals surface area contributed by atoms with Crippen LogP contribution in [-0.4, -0.2) is 17.7 Å². The number of nitriles is 1. The molecule has 0 aromatic heterocycles. The second kappa shape index (κ2) is 6.92. The average Bonchev–Trinajstić information content (AvgIpc) is 2.52. The number of aliphatic carboxylic acids is 1. The van der Waals surface area contributed by atoms with Crippen LogP contribution in [0.5, 0.6) is 5.75 Å². The van der Waals surface area contributed by atoms with Crippen molar-refractivity contribution in [1.82, 2.24) is 0 Å². The number of carboxylic acid groups (broad SMARTS) is 1. The Morgan fingerprint density at radius 1 is 1.10 bits per heavy atom. The number of hydrogen-bond acceptors (Lipinski definition) is 3. The Morgan fingerprint density at radius 3 is 2.19 bits per heavy atom. The Balaban J connectivity index is 2.01. The minimum atomic E-state index is -0.991. The Hall–Kier alpha value is -3.06.